The molecule has 0 aromatic carbocycles. The van der Waals surface area contributed by atoms with Crippen LogP contribution < -0.4 is 0 Å². The predicted molar refractivity (Wildman–Crippen MR) is 97.4 cm³/mol. The van der Waals surface area contributed by atoms with Gasteiger partial charge in [0.25, 0.3) is 0 Å². The molecule has 0 fully saturated rings. The van der Waals surface area contributed by atoms with Gasteiger partial charge in [0.2, 0.25) is 0 Å². The highest BCUT2D eigenvalue weighted by atomic mass is 16.4. The molecular weight excluding hydrogens is 288 g/mol. The van der Waals surface area contributed by atoms with Gasteiger partial charge in [-0.1, -0.05) is 68.4 Å². The molecule has 0 aliphatic rings. The SMILES string of the molecule is CCCCC/C=C/C/C=C/C=C/C(O)C/C=C/CCCC(=O)O. The molecule has 0 heterocycles. The van der Waals surface area contributed by atoms with Crippen molar-refractivity contribution in [2.45, 2.75) is 70.8 Å². The normalized spacial score (nSPS) is 13.8. The van der Waals surface area contributed by atoms with E-state index in [4.69, 9.17) is 5.11 Å². The molecule has 3 heteroatoms. The first-order valence-electron chi connectivity index (χ1n) is 8.70. The molecule has 0 bridgehead atoms. The van der Waals surface area contributed by atoms with E-state index in [1.54, 1.807) is 6.08 Å². The van der Waals surface area contributed by atoms with Crippen molar-refractivity contribution in [2.24, 2.45) is 0 Å². The maximum atomic E-state index is 10.3. The summed E-state index contributed by atoms with van der Waals surface area (Å²) in [4.78, 5) is 10.3. The van der Waals surface area contributed by atoms with Crippen LogP contribution in [0.25, 0.3) is 0 Å². The minimum absolute atomic E-state index is 0.199. The quantitative estimate of drug-likeness (QED) is 0.263. The van der Waals surface area contributed by atoms with E-state index in [2.05, 4.69) is 25.2 Å². The number of aliphatic hydroxyl groups is 1. The zero-order chi connectivity index (χ0) is 17.2. The van der Waals surface area contributed by atoms with Gasteiger partial charge >= 0.3 is 5.97 Å². The van der Waals surface area contributed by atoms with Crippen LogP contribution in [0, 0.1) is 0 Å². The monoisotopic (exact) mass is 320 g/mol. The van der Waals surface area contributed by atoms with Crippen molar-refractivity contribution in [3.05, 3.63) is 48.6 Å². The third-order valence-corrected chi connectivity index (χ3v) is 3.30. The highest BCUT2D eigenvalue weighted by Gasteiger charge is 1.95. The molecule has 0 aliphatic carbocycles. The van der Waals surface area contributed by atoms with Gasteiger partial charge in [-0.25, -0.2) is 0 Å². The summed E-state index contributed by atoms with van der Waals surface area (Å²) in [5, 5.41) is 18.2. The van der Waals surface area contributed by atoms with Crippen molar-refractivity contribution in [1.29, 1.82) is 0 Å². The zero-order valence-electron chi connectivity index (χ0n) is 14.4. The molecule has 0 amide bonds. The maximum absolute atomic E-state index is 10.3. The number of aliphatic hydroxyl groups excluding tert-OH is 1. The summed E-state index contributed by atoms with van der Waals surface area (Å²) in [7, 11) is 0. The van der Waals surface area contributed by atoms with Crippen LogP contribution in [0.15, 0.2) is 48.6 Å². The van der Waals surface area contributed by atoms with E-state index in [1.165, 1.54) is 19.3 Å². The van der Waals surface area contributed by atoms with E-state index in [0.29, 0.717) is 12.8 Å². The number of carboxylic acids is 1. The van der Waals surface area contributed by atoms with Crippen molar-refractivity contribution in [2.75, 3.05) is 0 Å². The van der Waals surface area contributed by atoms with Crippen LogP contribution in [0.2, 0.25) is 0 Å². The van der Waals surface area contributed by atoms with Crippen LogP contribution in [0.3, 0.4) is 0 Å². The summed E-state index contributed by atoms with van der Waals surface area (Å²) in [6, 6.07) is 0. The fourth-order valence-electron chi connectivity index (χ4n) is 1.96. The lowest BCUT2D eigenvalue weighted by molar-refractivity contribution is -0.137. The molecule has 3 nitrogen and oxygen atoms in total. The lowest BCUT2D eigenvalue weighted by Gasteiger charge is -1.99. The molecule has 0 spiro atoms. The number of carboxylic acid groups (broad SMARTS) is 1. The van der Waals surface area contributed by atoms with E-state index in [9.17, 15) is 9.90 Å². The number of hydrogen-bond acceptors (Lipinski definition) is 2. The standard InChI is InChI=1S/C20H32O3/c1-2-3-4-5-6-7-8-9-10-13-16-19(21)17-14-11-12-15-18-20(22)23/h6-7,9-11,13-14,16,19,21H,2-5,8,12,15,17-18H2,1H3,(H,22,23)/b7-6+,10-9+,14-11+,16-13+. The van der Waals surface area contributed by atoms with Crippen LogP contribution in [-0.4, -0.2) is 22.3 Å². The van der Waals surface area contributed by atoms with E-state index < -0.39 is 12.1 Å². The summed E-state index contributed by atoms with van der Waals surface area (Å²) >= 11 is 0. The molecule has 0 saturated heterocycles. The Morgan fingerprint density at radius 1 is 0.957 bits per heavy atom. The first kappa shape index (κ1) is 21.4. The molecule has 1 unspecified atom stereocenters. The number of unbranched alkanes of at least 4 members (excludes halogenated alkanes) is 4. The number of allylic oxidation sites excluding steroid dienone is 6. The Bertz CT molecular complexity index is 392. The van der Waals surface area contributed by atoms with Crippen molar-refractivity contribution < 1.29 is 15.0 Å². The zero-order valence-corrected chi connectivity index (χ0v) is 14.4. The number of rotatable bonds is 14. The number of aliphatic carboxylic acids is 1. The Kier molecular flexibility index (Phi) is 15.6. The average molecular weight is 320 g/mol. The fraction of sp³-hybridized carbons (Fsp3) is 0.550. The van der Waals surface area contributed by atoms with Crippen molar-refractivity contribution >= 4 is 5.97 Å². The number of carbonyl (C=O) groups is 1. The molecule has 23 heavy (non-hydrogen) atoms. The fourth-order valence-corrected chi connectivity index (χ4v) is 1.96. The van der Waals surface area contributed by atoms with E-state index in [-0.39, 0.29) is 6.42 Å². The van der Waals surface area contributed by atoms with Crippen LogP contribution in [0.1, 0.15) is 64.7 Å². The summed E-state index contributed by atoms with van der Waals surface area (Å²) in [5.41, 5.74) is 0. The molecule has 1 atom stereocenters. The lowest BCUT2D eigenvalue weighted by atomic mass is 10.2. The van der Waals surface area contributed by atoms with Gasteiger partial charge in [0.15, 0.2) is 0 Å². The maximum Gasteiger partial charge on any atom is 0.303 e. The molecule has 0 aromatic heterocycles. The summed E-state index contributed by atoms with van der Waals surface area (Å²) in [6.07, 6.45) is 23.5. The van der Waals surface area contributed by atoms with Crippen LogP contribution >= 0.6 is 0 Å². The molecular formula is C20H32O3. The summed E-state index contributed by atoms with van der Waals surface area (Å²) < 4.78 is 0. The molecule has 130 valence electrons. The Balaban J connectivity index is 3.63. The van der Waals surface area contributed by atoms with E-state index >= 15 is 0 Å². The van der Waals surface area contributed by atoms with Gasteiger partial charge in [0.1, 0.15) is 0 Å². The van der Waals surface area contributed by atoms with Gasteiger partial charge in [-0.15, -0.1) is 0 Å². The van der Waals surface area contributed by atoms with E-state index in [1.807, 2.05) is 24.3 Å². The minimum Gasteiger partial charge on any atom is -0.481 e. The third kappa shape index (κ3) is 18.3. The minimum atomic E-state index is -0.760. The molecule has 2 N–H and O–H groups in total. The van der Waals surface area contributed by atoms with Crippen molar-refractivity contribution in [3.8, 4) is 0 Å². The third-order valence-electron chi connectivity index (χ3n) is 3.30. The molecule has 0 aromatic rings. The second-order valence-corrected chi connectivity index (χ2v) is 5.58. The largest absolute Gasteiger partial charge is 0.481 e. The van der Waals surface area contributed by atoms with Gasteiger partial charge in [0, 0.05) is 6.42 Å². The van der Waals surface area contributed by atoms with Crippen LogP contribution in [0.4, 0.5) is 0 Å². The second-order valence-electron chi connectivity index (χ2n) is 5.58. The second kappa shape index (κ2) is 16.8. The molecule has 0 rings (SSSR count). The Morgan fingerprint density at radius 2 is 1.70 bits per heavy atom. The highest BCUT2D eigenvalue weighted by molar-refractivity contribution is 5.66. The van der Waals surface area contributed by atoms with Gasteiger partial charge in [-0.05, 0) is 38.5 Å². The van der Waals surface area contributed by atoms with Crippen LogP contribution in [-0.2, 0) is 4.79 Å². The van der Waals surface area contributed by atoms with E-state index in [0.717, 1.165) is 19.3 Å². The first-order valence-corrected chi connectivity index (χ1v) is 8.70. The number of hydrogen-bond donors (Lipinski definition) is 2. The Labute approximate surface area is 141 Å². The van der Waals surface area contributed by atoms with Gasteiger partial charge in [0.05, 0.1) is 6.10 Å². The molecule has 0 radical (unpaired) electrons. The van der Waals surface area contributed by atoms with Crippen LogP contribution in [0.5, 0.6) is 0 Å². The highest BCUT2D eigenvalue weighted by Crippen LogP contribution is 2.02. The van der Waals surface area contributed by atoms with Gasteiger partial charge < -0.3 is 10.2 Å². The average Bonchev–Trinajstić information content (AvgIpc) is 2.52. The Morgan fingerprint density at radius 3 is 2.43 bits per heavy atom. The molecule has 0 aliphatic heterocycles. The topological polar surface area (TPSA) is 57.5 Å². The smallest absolute Gasteiger partial charge is 0.303 e. The predicted octanol–water partition coefficient (Wildman–Crippen LogP) is 5.19. The Hall–Kier alpha value is -1.61. The molecule has 0 saturated carbocycles. The first-order chi connectivity index (χ1) is 11.2. The lowest BCUT2D eigenvalue weighted by Crippen LogP contribution is -1.98. The van der Waals surface area contributed by atoms with Gasteiger partial charge in [-0.3, -0.25) is 4.79 Å². The summed E-state index contributed by atoms with van der Waals surface area (Å²) in [6.45, 7) is 2.21. The van der Waals surface area contributed by atoms with Crippen molar-refractivity contribution in [1.82, 2.24) is 0 Å². The summed E-state index contributed by atoms with van der Waals surface area (Å²) in [5.74, 6) is -0.760. The van der Waals surface area contributed by atoms with Crippen molar-refractivity contribution in [3.63, 3.8) is 0 Å². The van der Waals surface area contributed by atoms with Gasteiger partial charge in [-0.2, -0.15) is 0 Å².